The van der Waals surface area contributed by atoms with E-state index in [1.54, 1.807) is 0 Å². The Morgan fingerprint density at radius 1 is 0.552 bits per heavy atom. The van der Waals surface area contributed by atoms with E-state index in [1.807, 2.05) is 0 Å². The molecule has 0 aromatic heterocycles. The first-order chi connectivity index (χ1) is 28.3. The Kier molecular flexibility index (Phi) is 36.3. The number of rotatable bonds is 39. The lowest BCUT2D eigenvalue weighted by Gasteiger charge is -2.39. The van der Waals surface area contributed by atoms with E-state index in [1.165, 1.54) is 96.3 Å². The Morgan fingerprint density at radius 3 is 1.53 bits per heavy atom. The summed E-state index contributed by atoms with van der Waals surface area (Å²) in [6, 6.07) is 0. The fourth-order valence-corrected chi connectivity index (χ4v) is 7.09. The van der Waals surface area contributed by atoms with Crippen molar-refractivity contribution in [2.45, 2.75) is 237 Å². The average molecular weight is 823 g/mol. The molecule has 1 saturated heterocycles. The van der Waals surface area contributed by atoms with E-state index >= 15 is 0 Å². The summed E-state index contributed by atoms with van der Waals surface area (Å²) in [6.45, 7) is 3.31. The summed E-state index contributed by atoms with van der Waals surface area (Å²) in [6.07, 6.45) is 37.2. The number of carbonyl (C=O) groups is 2. The lowest BCUT2D eigenvalue weighted by atomic mass is 9.99. The van der Waals surface area contributed by atoms with Crippen LogP contribution in [0.25, 0.3) is 0 Å². The van der Waals surface area contributed by atoms with Gasteiger partial charge in [0.05, 0.1) is 13.2 Å². The zero-order chi connectivity index (χ0) is 42.3. The second kappa shape index (κ2) is 39.1. The van der Waals surface area contributed by atoms with Gasteiger partial charge in [0.1, 0.15) is 31.0 Å². The highest BCUT2D eigenvalue weighted by Gasteiger charge is 2.44. The Bertz CT molecular complexity index is 1040. The fourth-order valence-electron chi connectivity index (χ4n) is 7.09. The van der Waals surface area contributed by atoms with Gasteiger partial charge in [0, 0.05) is 12.8 Å². The lowest BCUT2D eigenvalue weighted by molar-refractivity contribution is -0.305. The van der Waals surface area contributed by atoms with Crippen LogP contribution in [-0.4, -0.2) is 89.0 Å². The van der Waals surface area contributed by atoms with Crippen molar-refractivity contribution in [3.8, 4) is 0 Å². The third-order valence-corrected chi connectivity index (χ3v) is 10.8. The molecule has 6 atom stereocenters. The molecule has 0 aromatic carbocycles. The van der Waals surface area contributed by atoms with E-state index in [0.29, 0.717) is 6.42 Å². The first-order valence-electron chi connectivity index (χ1n) is 23.6. The van der Waals surface area contributed by atoms with Crippen LogP contribution in [0.1, 0.15) is 200 Å². The predicted molar refractivity (Wildman–Crippen MR) is 233 cm³/mol. The highest BCUT2D eigenvalue weighted by Crippen LogP contribution is 2.23. The average Bonchev–Trinajstić information content (AvgIpc) is 3.22. The lowest BCUT2D eigenvalue weighted by Crippen LogP contribution is -2.59. The molecule has 0 saturated carbocycles. The molecule has 58 heavy (non-hydrogen) atoms. The van der Waals surface area contributed by atoms with Crippen molar-refractivity contribution < 1.29 is 49.0 Å². The maximum atomic E-state index is 12.8. The van der Waals surface area contributed by atoms with Gasteiger partial charge in [-0.25, -0.2) is 0 Å². The van der Waals surface area contributed by atoms with Gasteiger partial charge in [-0.15, -0.1) is 0 Å². The standard InChI is InChI=1S/C48H86O10/c1-3-5-7-9-11-13-15-17-19-20-21-23-24-26-28-30-32-34-36-43(50)55-39-41(40-56-48-47(54)46(53)45(52)42(38-49)58-48)57-44(51)37-35-33-31-29-27-25-22-18-16-14-12-10-8-6-4-2/h6,8,12,14,18,22,41-42,45-49,52-54H,3-5,7,9-11,13,15-17,19-21,23-40H2,1-2H3/b8-6+,14-12+,22-18+/t41-,42-,45+,46?,47?,48-/m0/s1. The Morgan fingerprint density at radius 2 is 1.02 bits per heavy atom. The monoisotopic (exact) mass is 823 g/mol. The van der Waals surface area contributed by atoms with Crippen LogP contribution in [0.4, 0.5) is 0 Å². The van der Waals surface area contributed by atoms with Gasteiger partial charge in [0.15, 0.2) is 12.4 Å². The van der Waals surface area contributed by atoms with Crippen molar-refractivity contribution >= 4 is 11.9 Å². The number of ether oxygens (including phenoxy) is 4. The molecule has 10 nitrogen and oxygen atoms in total. The van der Waals surface area contributed by atoms with Crippen molar-refractivity contribution in [2.75, 3.05) is 19.8 Å². The van der Waals surface area contributed by atoms with Crippen LogP contribution in [0.2, 0.25) is 0 Å². The topological polar surface area (TPSA) is 152 Å². The summed E-state index contributed by atoms with van der Waals surface area (Å²) in [5.41, 5.74) is 0. The number of hydrogen-bond acceptors (Lipinski definition) is 10. The molecule has 0 aliphatic carbocycles. The first-order valence-corrected chi connectivity index (χ1v) is 23.6. The molecule has 2 unspecified atom stereocenters. The molecule has 1 rings (SSSR count). The van der Waals surface area contributed by atoms with E-state index < -0.39 is 49.4 Å². The van der Waals surface area contributed by atoms with Gasteiger partial charge in [0.2, 0.25) is 0 Å². The highest BCUT2D eigenvalue weighted by molar-refractivity contribution is 5.70. The molecule has 0 amide bonds. The van der Waals surface area contributed by atoms with Crippen LogP contribution < -0.4 is 0 Å². The van der Waals surface area contributed by atoms with Crippen molar-refractivity contribution in [1.82, 2.24) is 0 Å². The Balaban J connectivity index is 2.30. The SMILES string of the molecule is CC/C=C/C/C=C/C/C=C/CCCCCCCC(=O)O[C@@H](COC(=O)CCCCCCCCCCCCCCCCCCCC)CO[C@H]1O[C@@H](CO)[C@@H](O)C(O)C1O. The Labute approximate surface area is 353 Å². The summed E-state index contributed by atoms with van der Waals surface area (Å²) < 4.78 is 22.2. The van der Waals surface area contributed by atoms with E-state index in [-0.39, 0.29) is 32.0 Å². The summed E-state index contributed by atoms with van der Waals surface area (Å²) in [7, 11) is 0. The summed E-state index contributed by atoms with van der Waals surface area (Å²) in [5, 5.41) is 40.1. The second-order valence-corrected chi connectivity index (χ2v) is 16.2. The molecule has 0 aromatic rings. The van der Waals surface area contributed by atoms with Gasteiger partial charge in [-0.3, -0.25) is 9.59 Å². The third kappa shape index (κ3) is 30.0. The maximum Gasteiger partial charge on any atom is 0.306 e. The third-order valence-electron chi connectivity index (χ3n) is 10.8. The van der Waals surface area contributed by atoms with Crippen LogP contribution >= 0.6 is 0 Å². The van der Waals surface area contributed by atoms with Crippen molar-refractivity contribution in [2.24, 2.45) is 0 Å². The summed E-state index contributed by atoms with van der Waals surface area (Å²) in [5.74, 6) is -0.820. The largest absolute Gasteiger partial charge is 0.462 e. The van der Waals surface area contributed by atoms with Gasteiger partial charge in [-0.2, -0.15) is 0 Å². The molecule has 1 fully saturated rings. The molecule has 0 spiro atoms. The number of allylic oxidation sites excluding steroid dienone is 6. The second-order valence-electron chi connectivity index (χ2n) is 16.2. The number of carbonyl (C=O) groups excluding carboxylic acids is 2. The quantitative estimate of drug-likeness (QED) is 0.0268. The van der Waals surface area contributed by atoms with Gasteiger partial charge in [-0.1, -0.05) is 179 Å². The van der Waals surface area contributed by atoms with Crippen LogP contribution in [0.5, 0.6) is 0 Å². The zero-order valence-corrected chi connectivity index (χ0v) is 36.8. The molecule has 0 radical (unpaired) electrons. The molecular formula is C48H86O10. The summed E-state index contributed by atoms with van der Waals surface area (Å²) >= 11 is 0. The van der Waals surface area contributed by atoms with Crippen molar-refractivity contribution in [1.29, 1.82) is 0 Å². The Hall–Kier alpha value is -2.08. The number of hydrogen-bond donors (Lipinski definition) is 4. The van der Waals surface area contributed by atoms with E-state index in [4.69, 9.17) is 18.9 Å². The van der Waals surface area contributed by atoms with E-state index in [2.05, 4.69) is 50.3 Å². The van der Waals surface area contributed by atoms with Crippen LogP contribution in [0.15, 0.2) is 36.5 Å². The first kappa shape index (κ1) is 53.9. The van der Waals surface area contributed by atoms with Gasteiger partial charge >= 0.3 is 11.9 Å². The van der Waals surface area contributed by atoms with Crippen molar-refractivity contribution in [3.63, 3.8) is 0 Å². The normalized spacial score (nSPS) is 20.4. The van der Waals surface area contributed by atoms with Crippen LogP contribution in [0.3, 0.4) is 0 Å². The molecule has 1 aliphatic heterocycles. The predicted octanol–water partition coefficient (Wildman–Crippen LogP) is 10.3. The minimum atomic E-state index is -1.60. The van der Waals surface area contributed by atoms with Crippen LogP contribution in [-0.2, 0) is 28.5 Å². The van der Waals surface area contributed by atoms with Gasteiger partial charge in [-0.05, 0) is 44.9 Å². The van der Waals surface area contributed by atoms with Gasteiger partial charge < -0.3 is 39.4 Å². The van der Waals surface area contributed by atoms with E-state index in [9.17, 15) is 30.0 Å². The summed E-state index contributed by atoms with van der Waals surface area (Å²) in [4.78, 5) is 25.4. The molecular weight excluding hydrogens is 737 g/mol. The molecule has 4 N–H and O–H groups in total. The number of aliphatic hydroxyl groups is 4. The molecule has 1 aliphatic rings. The molecule has 1 heterocycles. The van der Waals surface area contributed by atoms with Gasteiger partial charge in [0.25, 0.3) is 0 Å². The molecule has 338 valence electrons. The fraction of sp³-hybridized carbons (Fsp3) is 0.833. The number of esters is 2. The van der Waals surface area contributed by atoms with Crippen LogP contribution in [0, 0.1) is 0 Å². The maximum absolute atomic E-state index is 12.8. The highest BCUT2D eigenvalue weighted by atomic mass is 16.7. The zero-order valence-electron chi connectivity index (χ0n) is 36.8. The minimum Gasteiger partial charge on any atom is -0.462 e. The number of aliphatic hydroxyl groups excluding tert-OH is 4. The molecule has 0 bridgehead atoms. The number of unbranched alkanes of at least 4 members (excludes halogenated alkanes) is 22. The van der Waals surface area contributed by atoms with E-state index in [0.717, 1.165) is 70.6 Å². The van der Waals surface area contributed by atoms with Crippen molar-refractivity contribution in [3.05, 3.63) is 36.5 Å². The smallest absolute Gasteiger partial charge is 0.306 e. The molecule has 10 heteroatoms. The minimum absolute atomic E-state index is 0.212.